The average molecular weight is 268 g/mol. The Morgan fingerprint density at radius 1 is 1.65 bits per heavy atom. The molecule has 6 heteroatoms. The number of amides is 1. The Hall–Kier alpha value is -1.24. The molecule has 0 unspecified atom stereocenters. The van der Waals surface area contributed by atoms with Crippen LogP contribution in [-0.4, -0.2) is 5.91 Å². The largest absolute Gasteiger partial charge is 0.456 e. The number of hydrogen-bond acceptors (Lipinski definition) is 5. The fourth-order valence-corrected chi connectivity index (χ4v) is 3.16. The molecule has 0 saturated carbocycles. The van der Waals surface area contributed by atoms with Gasteiger partial charge in [-0.15, -0.1) is 23.1 Å². The second-order valence-electron chi connectivity index (χ2n) is 3.39. The number of thioether (sulfide) groups is 1. The molecule has 0 bridgehead atoms. The molecule has 2 aromatic rings. The number of nitrogens with two attached hydrogens (primary N) is 1. The van der Waals surface area contributed by atoms with E-state index in [1.807, 2.05) is 18.4 Å². The van der Waals surface area contributed by atoms with Crippen LogP contribution in [0.2, 0.25) is 0 Å². The highest BCUT2D eigenvalue weighted by Crippen LogP contribution is 2.29. The van der Waals surface area contributed by atoms with E-state index in [0.29, 0.717) is 0 Å². The van der Waals surface area contributed by atoms with Crippen LogP contribution in [0.1, 0.15) is 21.9 Å². The molecular weight excluding hydrogens is 256 g/mol. The van der Waals surface area contributed by atoms with Crippen LogP contribution in [-0.2, 0) is 5.75 Å². The number of hydrazine groups is 1. The molecule has 4 nitrogen and oxygen atoms in total. The molecule has 0 aliphatic heterocycles. The first-order chi connectivity index (χ1) is 8.20. The molecule has 0 spiro atoms. The van der Waals surface area contributed by atoms with Crippen molar-refractivity contribution in [3.05, 3.63) is 40.7 Å². The number of thiophene rings is 1. The lowest BCUT2D eigenvalue weighted by Crippen LogP contribution is -2.29. The average Bonchev–Trinajstić information content (AvgIpc) is 2.95. The topological polar surface area (TPSA) is 68.3 Å². The zero-order valence-corrected chi connectivity index (χ0v) is 10.9. The number of hydrogen-bond donors (Lipinski definition) is 2. The molecule has 0 radical (unpaired) electrons. The third kappa shape index (κ3) is 2.91. The Labute approximate surface area is 107 Å². The van der Waals surface area contributed by atoms with Gasteiger partial charge in [-0.2, -0.15) is 0 Å². The minimum Gasteiger partial charge on any atom is -0.456 e. The van der Waals surface area contributed by atoms with E-state index in [4.69, 9.17) is 10.3 Å². The van der Waals surface area contributed by atoms with Gasteiger partial charge in [0, 0.05) is 11.3 Å². The van der Waals surface area contributed by atoms with Gasteiger partial charge >= 0.3 is 5.91 Å². The molecule has 2 rings (SSSR count). The minimum absolute atomic E-state index is 0.256. The molecular formula is C11H12N2O2S2. The van der Waals surface area contributed by atoms with Gasteiger partial charge < -0.3 is 4.42 Å². The molecule has 2 aromatic heterocycles. The summed E-state index contributed by atoms with van der Waals surface area (Å²) in [4.78, 5) is 11.3. The summed E-state index contributed by atoms with van der Waals surface area (Å²) < 4.78 is 6.58. The molecule has 3 N–H and O–H groups in total. The highest BCUT2D eigenvalue weighted by molar-refractivity contribution is 8.00. The van der Waals surface area contributed by atoms with Crippen molar-refractivity contribution in [3.63, 3.8) is 0 Å². The van der Waals surface area contributed by atoms with E-state index in [1.54, 1.807) is 29.2 Å². The number of carbonyl (C=O) groups excluding carboxylic acids is 1. The SMILES string of the molecule is Cc1oc(C(=O)NN)cc1CSc1cccs1. The maximum Gasteiger partial charge on any atom is 0.300 e. The summed E-state index contributed by atoms with van der Waals surface area (Å²) in [5, 5.41) is 2.04. The number of aryl methyl sites for hydroxylation is 1. The Bertz CT molecular complexity index is 506. The van der Waals surface area contributed by atoms with Crippen molar-refractivity contribution >= 4 is 29.0 Å². The van der Waals surface area contributed by atoms with Crippen LogP contribution >= 0.6 is 23.1 Å². The van der Waals surface area contributed by atoms with Crippen LogP contribution in [0.25, 0.3) is 0 Å². The normalized spacial score (nSPS) is 10.5. The molecule has 0 fully saturated rings. The van der Waals surface area contributed by atoms with Crippen molar-refractivity contribution in [2.45, 2.75) is 16.9 Å². The maximum atomic E-state index is 11.3. The van der Waals surface area contributed by atoms with E-state index < -0.39 is 5.91 Å². The quantitative estimate of drug-likeness (QED) is 0.387. The van der Waals surface area contributed by atoms with Gasteiger partial charge in [-0.05, 0) is 24.4 Å². The molecule has 0 aliphatic rings. The maximum absolute atomic E-state index is 11.3. The van der Waals surface area contributed by atoms with Gasteiger partial charge in [0.1, 0.15) is 5.76 Å². The molecule has 0 aliphatic carbocycles. The van der Waals surface area contributed by atoms with Crippen molar-refractivity contribution in [1.82, 2.24) is 5.43 Å². The van der Waals surface area contributed by atoms with Gasteiger partial charge in [-0.25, -0.2) is 5.84 Å². The lowest BCUT2D eigenvalue weighted by atomic mass is 10.3. The van der Waals surface area contributed by atoms with E-state index in [9.17, 15) is 4.79 Å². The Kier molecular flexibility index (Phi) is 3.88. The highest BCUT2D eigenvalue weighted by Gasteiger charge is 2.13. The predicted molar refractivity (Wildman–Crippen MR) is 69.0 cm³/mol. The first-order valence-electron chi connectivity index (χ1n) is 4.97. The van der Waals surface area contributed by atoms with Crippen molar-refractivity contribution in [1.29, 1.82) is 0 Å². The van der Waals surface area contributed by atoms with E-state index in [1.165, 1.54) is 4.21 Å². The van der Waals surface area contributed by atoms with Gasteiger partial charge in [-0.3, -0.25) is 10.2 Å². The number of nitrogen functional groups attached to an aromatic ring is 1. The second-order valence-corrected chi connectivity index (χ2v) is 5.61. The van der Waals surface area contributed by atoms with Crippen molar-refractivity contribution in [2.24, 2.45) is 5.84 Å². The number of furan rings is 1. The highest BCUT2D eigenvalue weighted by atomic mass is 32.2. The smallest absolute Gasteiger partial charge is 0.300 e. The zero-order valence-electron chi connectivity index (χ0n) is 9.23. The van der Waals surface area contributed by atoms with Crippen LogP contribution in [0, 0.1) is 6.92 Å². The lowest BCUT2D eigenvalue weighted by molar-refractivity contribution is 0.0924. The van der Waals surface area contributed by atoms with E-state index in [0.717, 1.165) is 17.1 Å². The van der Waals surface area contributed by atoms with E-state index >= 15 is 0 Å². The molecule has 90 valence electrons. The molecule has 0 atom stereocenters. The van der Waals surface area contributed by atoms with Crippen molar-refractivity contribution < 1.29 is 9.21 Å². The number of nitrogens with one attached hydrogen (secondary N) is 1. The van der Waals surface area contributed by atoms with E-state index in [2.05, 4.69) is 11.5 Å². The number of carbonyl (C=O) groups is 1. The third-order valence-corrected chi connectivity index (χ3v) is 4.42. The summed E-state index contributed by atoms with van der Waals surface area (Å²) in [5.41, 5.74) is 3.07. The second kappa shape index (κ2) is 5.39. The summed E-state index contributed by atoms with van der Waals surface area (Å²) in [5.74, 6) is 6.45. The summed E-state index contributed by atoms with van der Waals surface area (Å²) in [6.07, 6.45) is 0. The Balaban J connectivity index is 2.06. The molecule has 2 heterocycles. The standard InChI is InChI=1S/C11H12N2O2S2/c1-7-8(5-9(15-7)11(14)13-12)6-17-10-3-2-4-16-10/h2-5H,6,12H2,1H3,(H,13,14). The van der Waals surface area contributed by atoms with Crippen LogP contribution in [0.4, 0.5) is 0 Å². The van der Waals surface area contributed by atoms with Crippen LogP contribution in [0.5, 0.6) is 0 Å². The lowest BCUT2D eigenvalue weighted by Gasteiger charge is -1.95. The summed E-state index contributed by atoms with van der Waals surface area (Å²) in [6.45, 7) is 1.84. The molecule has 17 heavy (non-hydrogen) atoms. The first-order valence-corrected chi connectivity index (χ1v) is 6.84. The summed E-state index contributed by atoms with van der Waals surface area (Å²) in [6, 6.07) is 5.82. The number of rotatable bonds is 4. The van der Waals surface area contributed by atoms with Crippen LogP contribution in [0.3, 0.4) is 0 Å². The zero-order chi connectivity index (χ0) is 12.3. The molecule has 0 saturated heterocycles. The molecule has 1 amide bonds. The van der Waals surface area contributed by atoms with Crippen LogP contribution < -0.4 is 11.3 Å². The minimum atomic E-state index is -0.402. The fourth-order valence-electron chi connectivity index (χ4n) is 1.34. The Morgan fingerprint density at radius 3 is 3.12 bits per heavy atom. The summed E-state index contributed by atoms with van der Waals surface area (Å²) >= 11 is 3.42. The fraction of sp³-hybridized carbons (Fsp3) is 0.182. The third-order valence-electron chi connectivity index (χ3n) is 2.24. The van der Waals surface area contributed by atoms with Crippen molar-refractivity contribution in [3.8, 4) is 0 Å². The monoisotopic (exact) mass is 268 g/mol. The van der Waals surface area contributed by atoms with E-state index in [-0.39, 0.29) is 5.76 Å². The summed E-state index contributed by atoms with van der Waals surface area (Å²) in [7, 11) is 0. The van der Waals surface area contributed by atoms with Gasteiger partial charge in [0.15, 0.2) is 5.76 Å². The molecule has 0 aromatic carbocycles. The first kappa shape index (κ1) is 12.2. The van der Waals surface area contributed by atoms with Gasteiger partial charge in [-0.1, -0.05) is 6.07 Å². The van der Waals surface area contributed by atoms with Gasteiger partial charge in [0.05, 0.1) is 4.21 Å². The predicted octanol–water partition coefficient (Wildman–Crippen LogP) is 2.55. The van der Waals surface area contributed by atoms with Crippen LogP contribution in [0.15, 0.2) is 32.2 Å². The van der Waals surface area contributed by atoms with Crippen molar-refractivity contribution in [2.75, 3.05) is 0 Å². The Morgan fingerprint density at radius 2 is 2.47 bits per heavy atom. The van der Waals surface area contributed by atoms with Gasteiger partial charge in [0.25, 0.3) is 0 Å². The van der Waals surface area contributed by atoms with Gasteiger partial charge in [0.2, 0.25) is 0 Å².